The summed E-state index contributed by atoms with van der Waals surface area (Å²) >= 11 is 8.28. The van der Waals surface area contributed by atoms with E-state index >= 15 is 0 Å². The average molecular weight is 409 g/mol. The van der Waals surface area contributed by atoms with Crippen LogP contribution in [0.1, 0.15) is 44.6 Å². The van der Waals surface area contributed by atoms with Crippen LogP contribution in [0.25, 0.3) is 6.08 Å². The summed E-state index contributed by atoms with van der Waals surface area (Å²) in [7, 11) is 0. The van der Waals surface area contributed by atoms with Gasteiger partial charge in [0.05, 0.1) is 9.83 Å². The molecule has 1 heterocycles. The number of amides is 1. The second-order valence-electron chi connectivity index (χ2n) is 6.28. The Labute approximate surface area is 166 Å². The van der Waals surface area contributed by atoms with Crippen molar-refractivity contribution in [2.75, 3.05) is 6.54 Å². The number of nitro benzene ring substituents is 1. The SMILES string of the molecule is CCN1C(=O)/C(=C\c2cc([N+](=O)[O-])ccc2SC2CCCCC2)SC1=S. The molecule has 1 aromatic carbocycles. The van der Waals surface area contributed by atoms with Gasteiger partial charge in [-0.2, -0.15) is 0 Å². The summed E-state index contributed by atoms with van der Waals surface area (Å²) in [5.74, 6) is -0.123. The maximum absolute atomic E-state index is 12.5. The lowest BCUT2D eigenvalue weighted by Gasteiger charge is -2.21. The van der Waals surface area contributed by atoms with E-state index in [-0.39, 0.29) is 11.6 Å². The second-order valence-corrected chi connectivity index (χ2v) is 9.30. The van der Waals surface area contributed by atoms with E-state index in [0.29, 0.717) is 21.0 Å². The maximum Gasteiger partial charge on any atom is 0.270 e. The van der Waals surface area contributed by atoms with Gasteiger partial charge in [-0.05, 0) is 37.5 Å². The number of likely N-dealkylation sites (N-methyl/N-ethyl adjacent to an activating group) is 1. The number of carbonyl (C=O) groups excluding carboxylic acids is 1. The van der Waals surface area contributed by atoms with Crippen LogP contribution in [0.5, 0.6) is 0 Å². The monoisotopic (exact) mass is 408 g/mol. The molecule has 26 heavy (non-hydrogen) atoms. The lowest BCUT2D eigenvalue weighted by molar-refractivity contribution is -0.384. The largest absolute Gasteiger partial charge is 0.293 e. The number of thioether (sulfide) groups is 2. The topological polar surface area (TPSA) is 63.5 Å². The number of non-ortho nitro benzene ring substituents is 1. The van der Waals surface area contributed by atoms with Crippen molar-refractivity contribution < 1.29 is 9.72 Å². The number of hydrogen-bond donors (Lipinski definition) is 0. The molecule has 2 fully saturated rings. The van der Waals surface area contributed by atoms with Crippen LogP contribution < -0.4 is 0 Å². The Hall–Kier alpha value is -1.38. The Bertz CT molecular complexity index is 773. The van der Waals surface area contributed by atoms with Crippen molar-refractivity contribution in [2.24, 2.45) is 0 Å². The summed E-state index contributed by atoms with van der Waals surface area (Å²) in [5.41, 5.74) is 0.765. The highest BCUT2D eigenvalue weighted by atomic mass is 32.2. The minimum absolute atomic E-state index is 0.0372. The summed E-state index contributed by atoms with van der Waals surface area (Å²) in [6.45, 7) is 2.41. The van der Waals surface area contributed by atoms with Gasteiger partial charge >= 0.3 is 0 Å². The van der Waals surface area contributed by atoms with Gasteiger partial charge in [-0.25, -0.2) is 0 Å². The third-order valence-corrected chi connectivity index (χ3v) is 7.33. The fourth-order valence-electron chi connectivity index (χ4n) is 3.15. The van der Waals surface area contributed by atoms with Gasteiger partial charge in [0.15, 0.2) is 0 Å². The summed E-state index contributed by atoms with van der Waals surface area (Å²) < 4.78 is 0.538. The van der Waals surface area contributed by atoms with Crippen LogP contribution in [-0.2, 0) is 4.79 Å². The fourth-order valence-corrected chi connectivity index (χ4v) is 5.85. The summed E-state index contributed by atoms with van der Waals surface area (Å²) in [6, 6.07) is 4.91. The highest BCUT2D eigenvalue weighted by Crippen LogP contribution is 2.39. The standard InChI is InChI=1S/C18H20N2O3S3/c1-2-19-17(21)16(26-18(19)24)11-12-10-13(20(22)23)8-9-15(12)25-14-6-4-3-5-7-14/h8-11,14H,2-7H2,1H3/b16-11+. The van der Waals surface area contributed by atoms with Crippen LogP contribution in [0.4, 0.5) is 5.69 Å². The first kappa shape index (κ1) is 19.4. The van der Waals surface area contributed by atoms with Crippen LogP contribution in [0.15, 0.2) is 28.0 Å². The zero-order chi connectivity index (χ0) is 18.7. The Morgan fingerprint density at radius 2 is 2.12 bits per heavy atom. The molecule has 0 aromatic heterocycles. The smallest absolute Gasteiger partial charge is 0.270 e. The molecule has 5 nitrogen and oxygen atoms in total. The van der Waals surface area contributed by atoms with Gasteiger partial charge in [-0.1, -0.05) is 43.2 Å². The molecule has 1 aromatic rings. The molecular formula is C18H20N2O3S3. The molecule has 2 aliphatic rings. The predicted molar refractivity (Wildman–Crippen MR) is 111 cm³/mol. The van der Waals surface area contributed by atoms with Crippen molar-refractivity contribution in [1.29, 1.82) is 0 Å². The number of thiocarbonyl (C=S) groups is 1. The molecule has 1 amide bonds. The lowest BCUT2D eigenvalue weighted by Crippen LogP contribution is -2.27. The quantitative estimate of drug-likeness (QED) is 0.287. The van der Waals surface area contributed by atoms with Crippen molar-refractivity contribution in [1.82, 2.24) is 4.90 Å². The molecule has 0 bridgehead atoms. The Morgan fingerprint density at radius 3 is 2.73 bits per heavy atom. The first-order valence-electron chi connectivity index (χ1n) is 8.70. The van der Waals surface area contributed by atoms with Crippen molar-refractivity contribution in [2.45, 2.75) is 49.2 Å². The van der Waals surface area contributed by atoms with E-state index < -0.39 is 4.92 Å². The number of nitro groups is 1. The Kier molecular flexibility index (Phi) is 6.37. The maximum atomic E-state index is 12.5. The molecule has 138 valence electrons. The fraction of sp³-hybridized carbons (Fsp3) is 0.444. The molecule has 1 saturated heterocycles. The van der Waals surface area contributed by atoms with Gasteiger partial charge in [0.1, 0.15) is 4.32 Å². The van der Waals surface area contributed by atoms with Crippen molar-refractivity contribution in [3.8, 4) is 0 Å². The third-order valence-electron chi connectivity index (χ3n) is 4.53. The Balaban J connectivity index is 1.93. The molecule has 3 rings (SSSR count). The van der Waals surface area contributed by atoms with Gasteiger partial charge in [0, 0.05) is 28.8 Å². The molecule has 8 heteroatoms. The van der Waals surface area contributed by atoms with E-state index in [1.54, 1.807) is 34.9 Å². The minimum atomic E-state index is -0.399. The van der Waals surface area contributed by atoms with Crippen LogP contribution in [-0.4, -0.2) is 31.8 Å². The summed E-state index contributed by atoms with van der Waals surface area (Å²) in [5, 5.41) is 11.7. The van der Waals surface area contributed by atoms with Gasteiger partial charge in [0.2, 0.25) is 0 Å². The van der Waals surface area contributed by atoms with Crippen molar-refractivity contribution in [3.05, 3.63) is 38.8 Å². The number of rotatable bonds is 5. The van der Waals surface area contributed by atoms with E-state index in [1.807, 2.05) is 13.0 Å². The number of hydrogen-bond acceptors (Lipinski definition) is 6. The molecule has 1 aliphatic carbocycles. The van der Waals surface area contributed by atoms with Gasteiger partial charge < -0.3 is 0 Å². The Morgan fingerprint density at radius 1 is 1.38 bits per heavy atom. The first-order valence-corrected chi connectivity index (χ1v) is 10.8. The first-order chi connectivity index (χ1) is 12.5. The third kappa shape index (κ3) is 4.29. The van der Waals surface area contributed by atoms with E-state index in [2.05, 4.69) is 0 Å². The van der Waals surface area contributed by atoms with Crippen LogP contribution >= 0.6 is 35.7 Å². The van der Waals surface area contributed by atoms with Gasteiger partial charge in [0.25, 0.3) is 11.6 Å². The highest BCUT2D eigenvalue weighted by molar-refractivity contribution is 8.26. The van der Waals surface area contributed by atoms with Crippen molar-refractivity contribution in [3.63, 3.8) is 0 Å². The molecule has 0 N–H and O–H groups in total. The predicted octanol–water partition coefficient (Wildman–Crippen LogP) is 5.24. The highest BCUT2D eigenvalue weighted by Gasteiger charge is 2.31. The minimum Gasteiger partial charge on any atom is -0.293 e. The van der Waals surface area contributed by atoms with E-state index in [0.717, 1.165) is 10.5 Å². The molecule has 1 saturated carbocycles. The van der Waals surface area contributed by atoms with Crippen LogP contribution in [0.2, 0.25) is 0 Å². The molecular weight excluding hydrogens is 388 g/mol. The summed E-state index contributed by atoms with van der Waals surface area (Å²) in [4.78, 5) is 26.3. The molecule has 0 unspecified atom stereocenters. The molecule has 0 atom stereocenters. The van der Waals surface area contributed by atoms with Crippen LogP contribution in [0, 0.1) is 10.1 Å². The molecule has 0 radical (unpaired) electrons. The second kappa shape index (κ2) is 8.54. The van der Waals surface area contributed by atoms with Crippen LogP contribution in [0.3, 0.4) is 0 Å². The van der Waals surface area contributed by atoms with E-state index in [1.165, 1.54) is 43.9 Å². The number of benzene rings is 1. The van der Waals surface area contributed by atoms with E-state index in [4.69, 9.17) is 12.2 Å². The van der Waals surface area contributed by atoms with E-state index in [9.17, 15) is 14.9 Å². The molecule has 1 aliphatic heterocycles. The van der Waals surface area contributed by atoms with Gasteiger partial charge in [-0.3, -0.25) is 19.8 Å². The molecule has 0 spiro atoms. The average Bonchev–Trinajstić information content (AvgIpc) is 2.90. The zero-order valence-electron chi connectivity index (χ0n) is 14.5. The summed E-state index contributed by atoms with van der Waals surface area (Å²) in [6.07, 6.45) is 7.83. The number of carbonyl (C=O) groups is 1. The normalized spacial score (nSPS) is 20.2. The van der Waals surface area contributed by atoms with Gasteiger partial charge in [-0.15, -0.1) is 11.8 Å². The zero-order valence-corrected chi connectivity index (χ0v) is 16.9. The van der Waals surface area contributed by atoms with Crippen molar-refractivity contribution >= 4 is 57.7 Å². The number of nitrogens with zero attached hydrogens (tertiary/aromatic N) is 2. The lowest BCUT2D eigenvalue weighted by atomic mass is 10.0.